The molecule has 2 aromatic carbocycles. The van der Waals surface area contributed by atoms with E-state index >= 15 is 0 Å². The number of amides is 1. The Bertz CT molecular complexity index is 908. The molecule has 29 heavy (non-hydrogen) atoms. The third-order valence-corrected chi connectivity index (χ3v) is 5.40. The molecule has 0 spiro atoms. The van der Waals surface area contributed by atoms with Gasteiger partial charge in [0, 0.05) is 23.2 Å². The van der Waals surface area contributed by atoms with Gasteiger partial charge in [-0.05, 0) is 56.2 Å². The first-order valence-electron chi connectivity index (χ1n) is 9.67. The van der Waals surface area contributed by atoms with Crippen molar-refractivity contribution in [1.29, 1.82) is 0 Å². The van der Waals surface area contributed by atoms with Crippen molar-refractivity contribution in [2.45, 2.75) is 32.2 Å². The molecule has 1 amide bonds. The molecule has 1 fully saturated rings. The predicted molar refractivity (Wildman–Crippen MR) is 110 cm³/mol. The third kappa shape index (κ3) is 4.36. The van der Waals surface area contributed by atoms with Crippen LogP contribution >= 0.6 is 0 Å². The highest BCUT2D eigenvalue weighted by Gasteiger charge is 2.32. The molecule has 0 radical (unpaired) electrons. The van der Waals surface area contributed by atoms with E-state index in [1.54, 1.807) is 39.5 Å². The SMILES string of the molecule is COc1ccc(OC)c(C2CCCN2C(=O)Cc2cc(C(C)=O)ccc2OC)c1. The number of hydrogen-bond acceptors (Lipinski definition) is 5. The summed E-state index contributed by atoms with van der Waals surface area (Å²) in [7, 11) is 4.82. The van der Waals surface area contributed by atoms with E-state index in [0.29, 0.717) is 23.4 Å². The summed E-state index contributed by atoms with van der Waals surface area (Å²) >= 11 is 0. The van der Waals surface area contributed by atoms with Gasteiger partial charge in [0.05, 0.1) is 33.8 Å². The van der Waals surface area contributed by atoms with Gasteiger partial charge in [-0.25, -0.2) is 0 Å². The Labute approximate surface area is 171 Å². The molecule has 1 aliphatic rings. The van der Waals surface area contributed by atoms with Crippen molar-refractivity contribution in [3.05, 3.63) is 53.1 Å². The van der Waals surface area contributed by atoms with E-state index in [4.69, 9.17) is 14.2 Å². The normalized spacial score (nSPS) is 15.9. The Hall–Kier alpha value is -3.02. The minimum atomic E-state index is -0.0745. The molecule has 0 aromatic heterocycles. The number of hydrogen-bond donors (Lipinski definition) is 0. The lowest BCUT2D eigenvalue weighted by Gasteiger charge is -2.27. The summed E-state index contributed by atoms with van der Waals surface area (Å²) in [6.07, 6.45) is 1.95. The van der Waals surface area contributed by atoms with Gasteiger partial charge in [-0.2, -0.15) is 0 Å². The van der Waals surface area contributed by atoms with Gasteiger partial charge in [0.15, 0.2) is 5.78 Å². The summed E-state index contributed by atoms with van der Waals surface area (Å²) in [5, 5.41) is 0. The average molecular weight is 397 g/mol. The van der Waals surface area contributed by atoms with Crippen LogP contribution in [0.1, 0.15) is 47.3 Å². The van der Waals surface area contributed by atoms with Crippen molar-refractivity contribution >= 4 is 11.7 Å². The smallest absolute Gasteiger partial charge is 0.227 e. The Balaban J connectivity index is 1.88. The van der Waals surface area contributed by atoms with Gasteiger partial charge in [0.1, 0.15) is 17.2 Å². The van der Waals surface area contributed by atoms with Crippen molar-refractivity contribution in [3.63, 3.8) is 0 Å². The predicted octanol–water partition coefficient (Wildman–Crippen LogP) is 3.82. The van der Waals surface area contributed by atoms with Crippen molar-refractivity contribution < 1.29 is 23.8 Å². The van der Waals surface area contributed by atoms with Crippen LogP contribution in [0.5, 0.6) is 17.2 Å². The van der Waals surface area contributed by atoms with Crippen LogP contribution in [0.2, 0.25) is 0 Å². The summed E-state index contributed by atoms with van der Waals surface area (Å²) in [5.74, 6) is 2.04. The zero-order valence-electron chi connectivity index (χ0n) is 17.4. The van der Waals surface area contributed by atoms with E-state index in [2.05, 4.69) is 0 Å². The van der Waals surface area contributed by atoms with E-state index in [9.17, 15) is 9.59 Å². The number of carbonyl (C=O) groups excluding carboxylic acids is 2. The van der Waals surface area contributed by atoms with Crippen molar-refractivity contribution in [1.82, 2.24) is 4.90 Å². The number of methoxy groups -OCH3 is 3. The molecule has 1 atom stereocenters. The topological polar surface area (TPSA) is 65.1 Å². The lowest BCUT2D eigenvalue weighted by Crippen LogP contribution is -2.32. The van der Waals surface area contributed by atoms with Crippen LogP contribution in [0.4, 0.5) is 0 Å². The van der Waals surface area contributed by atoms with Crippen LogP contribution in [-0.2, 0) is 11.2 Å². The van der Waals surface area contributed by atoms with Crippen LogP contribution in [0, 0.1) is 0 Å². The molecule has 1 aliphatic heterocycles. The number of Topliss-reactive ketones (excluding diaryl/α,β-unsaturated/α-hetero) is 1. The van der Waals surface area contributed by atoms with Crippen molar-refractivity contribution in [3.8, 4) is 17.2 Å². The maximum Gasteiger partial charge on any atom is 0.227 e. The highest BCUT2D eigenvalue weighted by molar-refractivity contribution is 5.94. The molecule has 1 saturated heterocycles. The second kappa shape index (κ2) is 8.99. The first-order valence-corrected chi connectivity index (χ1v) is 9.67. The quantitative estimate of drug-likeness (QED) is 0.665. The number of nitrogens with zero attached hydrogens (tertiary/aromatic N) is 1. The maximum atomic E-state index is 13.2. The zero-order valence-corrected chi connectivity index (χ0v) is 17.4. The largest absolute Gasteiger partial charge is 0.497 e. The molecule has 3 rings (SSSR count). The van der Waals surface area contributed by atoms with Crippen LogP contribution in [0.25, 0.3) is 0 Å². The van der Waals surface area contributed by atoms with Gasteiger partial charge < -0.3 is 19.1 Å². The van der Waals surface area contributed by atoms with E-state index in [-0.39, 0.29) is 24.2 Å². The molecule has 0 aliphatic carbocycles. The van der Waals surface area contributed by atoms with E-state index in [1.165, 1.54) is 6.92 Å². The fraction of sp³-hybridized carbons (Fsp3) is 0.391. The average Bonchev–Trinajstić information content (AvgIpc) is 3.23. The molecule has 6 nitrogen and oxygen atoms in total. The van der Waals surface area contributed by atoms with Gasteiger partial charge in [0.25, 0.3) is 0 Å². The minimum absolute atomic E-state index is 0.00336. The number of ketones is 1. The fourth-order valence-electron chi connectivity index (χ4n) is 3.89. The molecule has 1 heterocycles. The molecule has 0 N–H and O–H groups in total. The minimum Gasteiger partial charge on any atom is -0.497 e. The Kier molecular flexibility index (Phi) is 6.42. The fourth-order valence-corrected chi connectivity index (χ4v) is 3.89. The van der Waals surface area contributed by atoms with E-state index in [0.717, 1.165) is 29.9 Å². The molecular weight excluding hydrogens is 370 g/mol. The number of carbonyl (C=O) groups is 2. The molecule has 0 bridgehead atoms. The number of likely N-dealkylation sites (tertiary alicyclic amines) is 1. The standard InChI is InChI=1S/C23H27NO5/c1-15(25)16-7-9-21(28-3)17(12-16)13-23(26)24-11-5-6-20(24)19-14-18(27-2)8-10-22(19)29-4/h7-10,12,14,20H,5-6,11,13H2,1-4H3. The summed E-state index contributed by atoms with van der Waals surface area (Å²) in [6, 6.07) is 10.8. The van der Waals surface area contributed by atoms with Gasteiger partial charge in [-0.15, -0.1) is 0 Å². The van der Waals surface area contributed by atoms with E-state index in [1.807, 2.05) is 23.1 Å². The lowest BCUT2D eigenvalue weighted by molar-refractivity contribution is -0.131. The van der Waals surface area contributed by atoms with Crippen LogP contribution < -0.4 is 14.2 Å². The van der Waals surface area contributed by atoms with Gasteiger partial charge in [-0.3, -0.25) is 9.59 Å². The third-order valence-electron chi connectivity index (χ3n) is 5.40. The van der Waals surface area contributed by atoms with E-state index < -0.39 is 0 Å². The Morgan fingerprint density at radius 3 is 2.38 bits per heavy atom. The van der Waals surface area contributed by atoms with Crippen LogP contribution in [0.15, 0.2) is 36.4 Å². The number of ether oxygens (including phenoxy) is 3. The Morgan fingerprint density at radius 1 is 1.00 bits per heavy atom. The summed E-state index contributed by atoms with van der Waals surface area (Å²) < 4.78 is 16.3. The molecule has 1 unspecified atom stereocenters. The van der Waals surface area contributed by atoms with Gasteiger partial charge in [-0.1, -0.05) is 0 Å². The molecule has 154 valence electrons. The van der Waals surface area contributed by atoms with Gasteiger partial charge in [0.2, 0.25) is 5.91 Å². The lowest BCUT2D eigenvalue weighted by atomic mass is 10.0. The molecule has 2 aromatic rings. The monoisotopic (exact) mass is 397 g/mol. The van der Waals surface area contributed by atoms with Crippen molar-refractivity contribution in [2.24, 2.45) is 0 Å². The molecular formula is C23H27NO5. The molecule has 6 heteroatoms. The highest BCUT2D eigenvalue weighted by Crippen LogP contribution is 2.39. The second-order valence-corrected chi connectivity index (χ2v) is 7.11. The summed E-state index contributed by atoms with van der Waals surface area (Å²) in [6.45, 7) is 2.19. The van der Waals surface area contributed by atoms with Gasteiger partial charge >= 0.3 is 0 Å². The summed E-state index contributed by atoms with van der Waals surface area (Å²) in [4.78, 5) is 26.8. The Morgan fingerprint density at radius 2 is 1.72 bits per heavy atom. The number of benzene rings is 2. The molecule has 0 saturated carbocycles. The second-order valence-electron chi connectivity index (χ2n) is 7.11. The number of rotatable bonds is 7. The van der Waals surface area contributed by atoms with Crippen LogP contribution in [0.3, 0.4) is 0 Å². The van der Waals surface area contributed by atoms with Crippen molar-refractivity contribution in [2.75, 3.05) is 27.9 Å². The van der Waals surface area contributed by atoms with Crippen LogP contribution in [-0.4, -0.2) is 44.5 Å². The first kappa shape index (κ1) is 20.7. The maximum absolute atomic E-state index is 13.2. The first-order chi connectivity index (χ1) is 14.0. The highest BCUT2D eigenvalue weighted by atomic mass is 16.5. The summed E-state index contributed by atoms with van der Waals surface area (Å²) in [5.41, 5.74) is 2.23. The zero-order chi connectivity index (χ0) is 21.0.